The van der Waals surface area contributed by atoms with Crippen molar-refractivity contribution >= 4 is 5.82 Å². The van der Waals surface area contributed by atoms with E-state index in [1.807, 2.05) is 0 Å². The molecule has 2 aliphatic rings. The van der Waals surface area contributed by atoms with E-state index in [2.05, 4.69) is 17.9 Å². The van der Waals surface area contributed by atoms with E-state index < -0.39 is 0 Å². The van der Waals surface area contributed by atoms with Gasteiger partial charge in [-0.1, -0.05) is 13.3 Å². The number of hydrogen-bond donors (Lipinski definition) is 1. The van der Waals surface area contributed by atoms with Crippen LogP contribution in [0.25, 0.3) is 0 Å². The van der Waals surface area contributed by atoms with Gasteiger partial charge >= 0.3 is 0 Å². The van der Waals surface area contributed by atoms with E-state index in [0.29, 0.717) is 6.54 Å². The monoisotopic (exact) mass is 273 g/mol. The second-order valence-corrected chi connectivity index (χ2v) is 6.35. The van der Waals surface area contributed by atoms with Crippen LogP contribution in [0.15, 0.2) is 6.07 Å². The maximum absolute atomic E-state index is 5.99. The Bertz CT molecular complexity index is 470. The van der Waals surface area contributed by atoms with Gasteiger partial charge < -0.3 is 10.6 Å². The molecule has 3 nitrogen and oxygen atoms in total. The van der Waals surface area contributed by atoms with Gasteiger partial charge in [-0.15, -0.1) is 0 Å². The number of pyridine rings is 1. The average molecular weight is 273 g/mol. The van der Waals surface area contributed by atoms with Crippen molar-refractivity contribution in [2.75, 3.05) is 18.0 Å². The third kappa shape index (κ3) is 2.69. The molecule has 3 rings (SSSR count). The number of aryl methyl sites for hydroxylation is 2. The van der Waals surface area contributed by atoms with Gasteiger partial charge in [0.05, 0.1) is 0 Å². The number of anilines is 1. The Balaban J connectivity index is 1.91. The van der Waals surface area contributed by atoms with Crippen LogP contribution in [-0.4, -0.2) is 18.1 Å². The van der Waals surface area contributed by atoms with Gasteiger partial charge in [-0.05, 0) is 56.1 Å². The first-order valence-electron chi connectivity index (χ1n) is 8.28. The minimum Gasteiger partial charge on any atom is -0.356 e. The van der Waals surface area contributed by atoms with E-state index in [0.717, 1.165) is 25.4 Å². The maximum Gasteiger partial charge on any atom is 0.133 e. The molecule has 20 heavy (non-hydrogen) atoms. The minimum atomic E-state index is 0.614. The lowest BCUT2D eigenvalue weighted by atomic mass is 9.93. The van der Waals surface area contributed by atoms with Gasteiger partial charge in [-0.3, -0.25) is 0 Å². The lowest BCUT2D eigenvalue weighted by Crippen LogP contribution is -2.37. The number of hydrogen-bond acceptors (Lipinski definition) is 3. The Morgan fingerprint density at radius 3 is 2.95 bits per heavy atom. The molecule has 2 N–H and O–H groups in total. The zero-order valence-electron chi connectivity index (χ0n) is 12.7. The van der Waals surface area contributed by atoms with E-state index in [9.17, 15) is 0 Å². The van der Waals surface area contributed by atoms with Crippen molar-refractivity contribution < 1.29 is 0 Å². The minimum absolute atomic E-state index is 0.614. The zero-order valence-corrected chi connectivity index (χ0v) is 12.7. The number of piperidine rings is 1. The van der Waals surface area contributed by atoms with Gasteiger partial charge in [0.15, 0.2) is 0 Å². The number of nitrogens with two attached hydrogens (primary N) is 1. The number of aromatic nitrogens is 1. The first-order valence-corrected chi connectivity index (χ1v) is 8.28. The predicted octanol–water partition coefficient (Wildman–Crippen LogP) is 3.05. The van der Waals surface area contributed by atoms with Crippen molar-refractivity contribution in [3.05, 3.63) is 22.9 Å². The van der Waals surface area contributed by atoms with Crippen LogP contribution >= 0.6 is 0 Å². The molecule has 0 amide bonds. The topological polar surface area (TPSA) is 42.2 Å². The fourth-order valence-electron chi connectivity index (χ4n) is 3.69. The van der Waals surface area contributed by atoms with Crippen LogP contribution in [0.1, 0.15) is 55.8 Å². The average Bonchev–Trinajstić information content (AvgIpc) is 2.53. The van der Waals surface area contributed by atoms with E-state index in [1.165, 1.54) is 61.2 Å². The maximum atomic E-state index is 5.99. The van der Waals surface area contributed by atoms with Gasteiger partial charge in [0.2, 0.25) is 0 Å². The largest absolute Gasteiger partial charge is 0.356 e. The molecule has 1 aliphatic carbocycles. The van der Waals surface area contributed by atoms with Crippen molar-refractivity contribution in [3.8, 4) is 0 Å². The third-order valence-corrected chi connectivity index (χ3v) is 4.97. The van der Waals surface area contributed by atoms with Gasteiger partial charge in [-0.25, -0.2) is 4.98 Å². The molecular formula is C17H27N3. The standard InChI is InChI=1S/C17H27N3/c1-2-13-6-5-9-20(12-13)17-15(11-18)10-14-7-3-4-8-16(14)19-17/h10,13H,2-9,11-12,18H2,1H3. The van der Waals surface area contributed by atoms with Gasteiger partial charge in [-0.2, -0.15) is 0 Å². The fourth-order valence-corrected chi connectivity index (χ4v) is 3.69. The molecule has 1 saturated heterocycles. The second kappa shape index (κ2) is 6.13. The normalized spacial score (nSPS) is 22.7. The van der Waals surface area contributed by atoms with Crippen LogP contribution in [0.3, 0.4) is 0 Å². The molecule has 0 aromatic carbocycles. The molecule has 1 aromatic rings. The second-order valence-electron chi connectivity index (χ2n) is 6.35. The smallest absolute Gasteiger partial charge is 0.133 e. The molecule has 0 spiro atoms. The summed E-state index contributed by atoms with van der Waals surface area (Å²) in [5.74, 6) is 2.01. The zero-order chi connectivity index (χ0) is 13.9. The molecule has 0 bridgehead atoms. The summed E-state index contributed by atoms with van der Waals surface area (Å²) >= 11 is 0. The van der Waals surface area contributed by atoms with Gasteiger partial charge in [0.1, 0.15) is 5.82 Å². The first kappa shape index (κ1) is 13.9. The number of fused-ring (bicyclic) bond motifs is 1. The van der Waals surface area contributed by atoms with Crippen molar-refractivity contribution in [3.63, 3.8) is 0 Å². The van der Waals surface area contributed by atoms with Crippen molar-refractivity contribution in [2.45, 2.75) is 58.4 Å². The Morgan fingerprint density at radius 1 is 1.30 bits per heavy atom. The predicted molar refractivity (Wildman–Crippen MR) is 84.0 cm³/mol. The Labute approximate surface area is 122 Å². The van der Waals surface area contributed by atoms with Crippen LogP contribution in [0, 0.1) is 5.92 Å². The number of nitrogens with zero attached hydrogens (tertiary/aromatic N) is 2. The highest BCUT2D eigenvalue weighted by molar-refractivity contribution is 5.51. The molecule has 110 valence electrons. The van der Waals surface area contributed by atoms with Crippen LogP contribution in [0.2, 0.25) is 0 Å². The van der Waals surface area contributed by atoms with Crippen LogP contribution in [0.4, 0.5) is 5.82 Å². The van der Waals surface area contributed by atoms with E-state index in [1.54, 1.807) is 0 Å². The lowest BCUT2D eigenvalue weighted by molar-refractivity contribution is 0.402. The highest BCUT2D eigenvalue weighted by atomic mass is 15.2. The summed E-state index contributed by atoms with van der Waals surface area (Å²) in [4.78, 5) is 7.52. The van der Waals surface area contributed by atoms with E-state index >= 15 is 0 Å². The summed E-state index contributed by atoms with van der Waals surface area (Å²) in [7, 11) is 0. The quantitative estimate of drug-likeness (QED) is 0.920. The van der Waals surface area contributed by atoms with Crippen LogP contribution in [0.5, 0.6) is 0 Å². The molecule has 1 aromatic heterocycles. The molecule has 2 heterocycles. The lowest BCUT2D eigenvalue weighted by Gasteiger charge is -2.35. The summed E-state index contributed by atoms with van der Waals surface area (Å²) in [6, 6.07) is 2.34. The molecule has 1 unspecified atom stereocenters. The van der Waals surface area contributed by atoms with Gasteiger partial charge in [0.25, 0.3) is 0 Å². The SMILES string of the molecule is CCC1CCCN(c2nc3c(cc2CN)CCCC3)C1. The molecule has 0 saturated carbocycles. The Kier molecular flexibility index (Phi) is 4.25. The fraction of sp³-hybridized carbons (Fsp3) is 0.706. The van der Waals surface area contributed by atoms with Crippen LogP contribution in [-0.2, 0) is 19.4 Å². The highest BCUT2D eigenvalue weighted by Gasteiger charge is 2.23. The van der Waals surface area contributed by atoms with Crippen LogP contribution < -0.4 is 10.6 Å². The molecule has 1 aliphatic heterocycles. The first-order chi connectivity index (χ1) is 9.81. The summed E-state index contributed by atoms with van der Waals surface area (Å²) in [6.45, 7) is 5.23. The third-order valence-electron chi connectivity index (χ3n) is 4.97. The molecule has 1 atom stereocenters. The summed E-state index contributed by atoms with van der Waals surface area (Å²) in [5, 5.41) is 0. The molecule has 0 radical (unpaired) electrons. The summed E-state index contributed by atoms with van der Waals surface area (Å²) in [6.07, 6.45) is 8.88. The van der Waals surface area contributed by atoms with Crippen molar-refractivity contribution in [2.24, 2.45) is 11.7 Å². The Hall–Kier alpha value is -1.09. The number of rotatable bonds is 3. The molecular weight excluding hydrogens is 246 g/mol. The van der Waals surface area contributed by atoms with Crippen molar-refractivity contribution in [1.29, 1.82) is 0 Å². The molecule has 1 fully saturated rings. The highest BCUT2D eigenvalue weighted by Crippen LogP contribution is 2.30. The van der Waals surface area contributed by atoms with E-state index in [-0.39, 0.29) is 0 Å². The van der Waals surface area contributed by atoms with E-state index in [4.69, 9.17) is 10.7 Å². The molecule has 3 heteroatoms. The van der Waals surface area contributed by atoms with Crippen molar-refractivity contribution in [1.82, 2.24) is 4.98 Å². The summed E-state index contributed by atoms with van der Waals surface area (Å²) < 4.78 is 0. The summed E-state index contributed by atoms with van der Waals surface area (Å²) in [5.41, 5.74) is 10.0. The van der Waals surface area contributed by atoms with Gasteiger partial charge in [0, 0.05) is 30.9 Å². The Morgan fingerprint density at radius 2 is 2.15 bits per heavy atom.